The molecule has 0 aromatic heterocycles. The molecule has 0 unspecified atom stereocenters. The first-order chi connectivity index (χ1) is 12.5. The van der Waals surface area contributed by atoms with Gasteiger partial charge in [0.2, 0.25) is 11.8 Å². The molecular formula is C20H21N3O3. The smallest absolute Gasteiger partial charge is 0.240 e. The predicted molar refractivity (Wildman–Crippen MR) is 98.9 cm³/mol. The van der Waals surface area contributed by atoms with Crippen molar-refractivity contribution in [3.8, 4) is 11.8 Å². The molecule has 134 valence electrons. The zero-order chi connectivity index (χ0) is 18.9. The molecule has 6 heteroatoms. The standard InChI is InChI=1S/C20H21N3O3/c1-15(24)23(18-5-3-4-17(12-18)13-21)14-20(25)22-11-10-16-6-8-19(26-2)9-7-16/h3-9,12H,10-11,14H2,1-2H3,(H,22,25). The Hall–Kier alpha value is -3.33. The van der Waals surface area contributed by atoms with E-state index < -0.39 is 0 Å². The molecule has 0 heterocycles. The number of hydrogen-bond donors (Lipinski definition) is 1. The van der Waals surface area contributed by atoms with E-state index in [1.165, 1.54) is 11.8 Å². The van der Waals surface area contributed by atoms with Crippen molar-refractivity contribution >= 4 is 17.5 Å². The Morgan fingerprint density at radius 2 is 1.92 bits per heavy atom. The molecule has 2 rings (SSSR count). The largest absolute Gasteiger partial charge is 0.497 e. The third-order valence-corrected chi connectivity index (χ3v) is 3.86. The van der Waals surface area contributed by atoms with Crippen LogP contribution in [0.25, 0.3) is 0 Å². The summed E-state index contributed by atoms with van der Waals surface area (Å²) in [6.45, 7) is 1.77. The maximum absolute atomic E-state index is 12.2. The summed E-state index contributed by atoms with van der Waals surface area (Å²) >= 11 is 0. The summed E-state index contributed by atoms with van der Waals surface area (Å²) in [7, 11) is 1.61. The van der Waals surface area contributed by atoms with Crippen LogP contribution in [-0.4, -0.2) is 32.0 Å². The van der Waals surface area contributed by atoms with Gasteiger partial charge in [-0.15, -0.1) is 0 Å². The van der Waals surface area contributed by atoms with Gasteiger partial charge in [-0.25, -0.2) is 0 Å². The van der Waals surface area contributed by atoms with Crippen LogP contribution in [0.5, 0.6) is 5.75 Å². The summed E-state index contributed by atoms with van der Waals surface area (Å²) in [6, 6.07) is 16.3. The molecule has 0 fully saturated rings. The summed E-state index contributed by atoms with van der Waals surface area (Å²) < 4.78 is 5.11. The van der Waals surface area contributed by atoms with Gasteiger partial charge in [-0.05, 0) is 42.3 Å². The third kappa shape index (κ3) is 5.35. The summed E-state index contributed by atoms with van der Waals surface area (Å²) in [5.41, 5.74) is 2.05. The number of carbonyl (C=O) groups excluding carboxylic acids is 2. The van der Waals surface area contributed by atoms with Crippen LogP contribution in [0.4, 0.5) is 5.69 Å². The van der Waals surface area contributed by atoms with Gasteiger partial charge in [0.25, 0.3) is 0 Å². The summed E-state index contributed by atoms with van der Waals surface area (Å²) in [6.07, 6.45) is 0.680. The lowest BCUT2D eigenvalue weighted by Crippen LogP contribution is -2.40. The summed E-state index contributed by atoms with van der Waals surface area (Å²) in [4.78, 5) is 25.4. The molecule has 2 amide bonds. The zero-order valence-corrected chi connectivity index (χ0v) is 14.9. The van der Waals surface area contributed by atoms with E-state index in [-0.39, 0.29) is 18.4 Å². The number of carbonyl (C=O) groups is 2. The minimum Gasteiger partial charge on any atom is -0.497 e. The number of rotatable bonds is 7. The van der Waals surface area contributed by atoms with Crippen LogP contribution in [0, 0.1) is 11.3 Å². The van der Waals surface area contributed by atoms with E-state index in [2.05, 4.69) is 5.32 Å². The summed E-state index contributed by atoms with van der Waals surface area (Å²) in [5, 5.41) is 11.8. The number of methoxy groups -OCH3 is 1. The Labute approximate surface area is 153 Å². The number of ether oxygens (including phenoxy) is 1. The van der Waals surface area contributed by atoms with Crippen molar-refractivity contribution in [3.05, 3.63) is 59.7 Å². The average molecular weight is 351 g/mol. The van der Waals surface area contributed by atoms with E-state index >= 15 is 0 Å². The number of anilines is 1. The third-order valence-electron chi connectivity index (χ3n) is 3.86. The first kappa shape index (κ1) is 19.0. The van der Waals surface area contributed by atoms with Crippen molar-refractivity contribution < 1.29 is 14.3 Å². The molecule has 0 bridgehead atoms. The Morgan fingerprint density at radius 3 is 2.54 bits per heavy atom. The van der Waals surface area contributed by atoms with Gasteiger partial charge in [0, 0.05) is 19.2 Å². The van der Waals surface area contributed by atoms with Crippen LogP contribution in [-0.2, 0) is 16.0 Å². The minimum atomic E-state index is -0.259. The molecular weight excluding hydrogens is 330 g/mol. The van der Waals surface area contributed by atoms with E-state index in [1.807, 2.05) is 30.3 Å². The van der Waals surface area contributed by atoms with Crippen molar-refractivity contribution in [1.29, 1.82) is 5.26 Å². The molecule has 6 nitrogen and oxygen atoms in total. The number of nitrogens with one attached hydrogen (secondary N) is 1. The lowest BCUT2D eigenvalue weighted by Gasteiger charge is -2.20. The van der Waals surface area contributed by atoms with Crippen molar-refractivity contribution in [2.75, 3.05) is 25.1 Å². The highest BCUT2D eigenvalue weighted by Gasteiger charge is 2.16. The Morgan fingerprint density at radius 1 is 1.19 bits per heavy atom. The first-order valence-electron chi connectivity index (χ1n) is 8.21. The molecule has 0 saturated carbocycles. The van der Waals surface area contributed by atoms with Crippen molar-refractivity contribution in [1.82, 2.24) is 5.32 Å². The van der Waals surface area contributed by atoms with Crippen molar-refractivity contribution in [3.63, 3.8) is 0 Å². The van der Waals surface area contributed by atoms with Gasteiger partial charge in [-0.1, -0.05) is 18.2 Å². The molecule has 2 aromatic rings. The van der Waals surface area contributed by atoms with E-state index in [4.69, 9.17) is 10.00 Å². The lowest BCUT2D eigenvalue weighted by molar-refractivity contribution is -0.123. The van der Waals surface area contributed by atoms with Crippen LogP contribution in [0.1, 0.15) is 18.1 Å². The monoisotopic (exact) mass is 351 g/mol. The minimum absolute atomic E-state index is 0.0904. The van der Waals surface area contributed by atoms with Crippen LogP contribution >= 0.6 is 0 Å². The number of benzene rings is 2. The Kier molecular flexibility index (Phi) is 6.75. The number of hydrogen-bond acceptors (Lipinski definition) is 4. The SMILES string of the molecule is COc1ccc(CCNC(=O)CN(C(C)=O)c2cccc(C#N)c2)cc1. The van der Waals surface area contributed by atoms with Gasteiger partial charge in [-0.3, -0.25) is 9.59 Å². The van der Waals surface area contributed by atoms with Crippen molar-refractivity contribution in [2.24, 2.45) is 0 Å². The fourth-order valence-electron chi connectivity index (χ4n) is 2.47. The van der Waals surface area contributed by atoms with Crippen LogP contribution in [0.2, 0.25) is 0 Å². The first-order valence-corrected chi connectivity index (χ1v) is 8.21. The predicted octanol–water partition coefficient (Wildman–Crippen LogP) is 2.28. The van der Waals surface area contributed by atoms with E-state index in [0.29, 0.717) is 24.2 Å². The highest BCUT2D eigenvalue weighted by molar-refractivity contribution is 5.97. The van der Waals surface area contributed by atoms with Gasteiger partial charge in [0.05, 0.1) is 18.7 Å². The fraction of sp³-hybridized carbons (Fsp3) is 0.250. The second-order valence-corrected chi connectivity index (χ2v) is 5.72. The second kappa shape index (κ2) is 9.23. The number of nitriles is 1. The average Bonchev–Trinajstić information content (AvgIpc) is 2.66. The highest BCUT2D eigenvalue weighted by Crippen LogP contribution is 2.16. The molecule has 0 aliphatic rings. The Bertz CT molecular complexity index is 810. The number of amides is 2. The van der Waals surface area contributed by atoms with E-state index in [0.717, 1.165) is 11.3 Å². The molecule has 0 spiro atoms. The van der Waals surface area contributed by atoms with Crippen LogP contribution in [0.3, 0.4) is 0 Å². The maximum atomic E-state index is 12.2. The Balaban J connectivity index is 1.91. The maximum Gasteiger partial charge on any atom is 0.240 e. The molecule has 26 heavy (non-hydrogen) atoms. The van der Waals surface area contributed by atoms with Crippen LogP contribution < -0.4 is 15.0 Å². The second-order valence-electron chi connectivity index (χ2n) is 5.72. The van der Waals surface area contributed by atoms with Gasteiger partial charge in [0.15, 0.2) is 0 Å². The molecule has 0 aliphatic carbocycles. The highest BCUT2D eigenvalue weighted by atomic mass is 16.5. The topological polar surface area (TPSA) is 82.4 Å². The fourth-order valence-corrected chi connectivity index (χ4v) is 2.47. The molecule has 0 atom stereocenters. The van der Waals surface area contributed by atoms with E-state index in [9.17, 15) is 9.59 Å². The molecule has 0 radical (unpaired) electrons. The van der Waals surface area contributed by atoms with Gasteiger partial charge >= 0.3 is 0 Å². The quantitative estimate of drug-likeness (QED) is 0.830. The van der Waals surface area contributed by atoms with Gasteiger partial charge in [0.1, 0.15) is 12.3 Å². The molecule has 0 saturated heterocycles. The lowest BCUT2D eigenvalue weighted by atomic mass is 10.1. The van der Waals surface area contributed by atoms with Gasteiger partial charge < -0.3 is 15.0 Å². The normalized spacial score (nSPS) is 9.88. The summed E-state index contributed by atoms with van der Waals surface area (Å²) in [5.74, 6) is 0.274. The molecule has 0 aliphatic heterocycles. The zero-order valence-electron chi connectivity index (χ0n) is 14.9. The molecule has 1 N–H and O–H groups in total. The molecule has 2 aromatic carbocycles. The van der Waals surface area contributed by atoms with Crippen LogP contribution in [0.15, 0.2) is 48.5 Å². The number of nitrogens with zero attached hydrogens (tertiary/aromatic N) is 2. The van der Waals surface area contributed by atoms with Gasteiger partial charge in [-0.2, -0.15) is 5.26 Å². The van der Waals surface area contributed by atoms with E-state index in [1.54, 1.807) is 31.4 Å². The van der Waals surface area contributed by atoms with Crippen molar-refractivity contribution in [2.45, 2.75) is 13.3 Å².